The van der Waals surface area contributed by atoms with Crippen molar-refractivity contribution in [3.05, 3.63) is 0 Å². The summed E-state index contributed by atoms with van der Waals surface area (Å²) in [6, 6.07) is 0.0320. The second-order valence-corrected chi connectivity index (χ2v) is 5.03. The molecule has 2 aliphatic rings. The molecule has 2 rings (SSSR count). The number of rotatable bonds is 3. The van der Waals surface area contributed by atoms with Crippen LogP contribution < -0.4 is 10.6 Å². The molecule has 2 saturated heterocycles. The lowest BCUT2D eigenvalue weighted by Crippen LogP contribution is -2.50. The number of likely N-dealkylation sites (tertiary alicyclic amines) is 1. The van der Waals surface area contributed by atoms with Gasteiger partial charge in [-0.25, -0.2) is 0 Å². The molecule has 0 bridgehead atoms. The molecule has 5 heteroatoms. The fourth-order valence-corrected chi connectivity index (χ4v) is 2.61. The molecule has 0 aromatic carbocycles. The van der Waals surface area contributed by atoms with Crippen molar-refractivity contribution in [2.45, 2.75) is 44.2 Å². The normalized spacial score (nSPS) is 30.1. The number of nitrogens with one attached hydrogen (secondary N) is 2. The van der Waals surface area contributed by atoms with Crippen molar-refractivity contribution in [3.8, 4) is 0 Å². The molecule has 0 aliphatic carbocycles. The lowest BCUT2D eigenvalue weighted by Gasteiger charge is -2.24. The molecule has 2 N–H and O–H groups in total. The van der Waals surface area contributed by atoms with Gasteiger partial charge in [-0.3, -0.25) is 9.59 Å². The molecule has 17 heavy (non-hydrogen) atoms. The van der Waals surface area contributed by atoms with E-state index >= 15 is 0 Å². The molecule has 2 aliphatic heterocycles. The maximum absolute atomic E-state index is 11.8. The predicted molar refractivity (Wildman–Crippen MR) is 64.4 cm³/mol. The average Bonchev–Trinajstić information content (AvgIpc) is 2.68. The van der Waals surface area contributed by atoms with Gasteiger partial charge in [0.15, 0.2) is 0 Å². The van der Waals surface area contributed by atoms with Gasteiger partial charge in [-0.1, -0.05) is 0 Å². The molecule has 2 amide bonds. The number of carbonyl (C=O) groups is 2. The molecule has 2 heterocycles. The second kappa shape index (κ2) is 5.49. The third kappa shape index (κ3) is 3.19. The summed E-state index contributed by atoms with van der Waals surface area (Å²) >= 11 is 0. The van der Waals surface area contributed by atoms with E-state index in [1.165, 1.54) is 6.42 Å². The lowest BCUT2D eigenvalue weighted by molar-refractivity contribution is -0.130. The zero-order valence-corrected chi connectivity index (χ0v) is 10.4. The van der Waals surface area contributed by atoms with Crippen LogP contribution in [0.4, 0.5) is 0 Å². The van der Waals surface area contributed by atoms with Gasteiger partial charge in [0.05, 0.1) is 0 Å². The molecule has 0 aromatic rings. The first-order chi connectivity index (χ1) is 8.16. The van der Waals surface area contributed by atoms with Gasteiger partial charge in [0, 0.05) is 19.0 Å². The van der Waals surface area contributed by atoms with E-state index in [1.54, 1.807) is 0 Å². The fourth-order valence-electron chi connectivity index (χ4n) is 2.61. The third-order valence-corrected chi connectivity index (χ3v) is 3.71. The van der Waals surface area contributed by atoms with Gasteiger partial charge >= 0.3 is 0 Å². The van der Waals surface area contributed by atoms with Gasteiger partial charge in [0.2, 0.25) is 11.8 Å². The van der Waals surface area contributed by atoms with E-state index < -0.39 is 0 Å². The van der Waals surface area contributed by atoms with Crippen LogP contribution in [0.15, 0.2) is 0 Å². The Balaban J connectivity index is 1.78. The van der Waals surface area contributed by atoms with Gasteiger partial charge in [0.1, 0.15) is 6.04 Å². The van der Waals surface area contributed by atoms with E-state index in [2.05, 4.69) is 22.6 Å². The summed E-state index contributed by atoms with van der Waals surface area (Å²) in [5, 5.41) is 5.61. The Morgan fingerprint density at radius 3 is 2.94 bits per heavy atom. The van der Waals surface area contributed by atoms with Crippen molar-refractivity contribution < 1.29 is 9.59 Å². The topological polar surface area (TPSA) is 61.4 Å². The first-order valence-electron chi connectivity index (χ1n) is 6.44. The standard InChI is InChI=1S/C12H21N3O2/c1-15-7-3-4-9(15)8-11(16)14-10-5-2-6-13-12(10)17/h9-10H,2-8H2,1H3,(H,13,17)(H,14,16)/t9-,10?/m0/s1. The quantitative estimate of drug-likeness (QED) is 0.721. The monoisotopic (exact) mass is 239 g/mol. The molecule has 0 saturated carbocycles. The number of amides is 2. The average molecular weight is 239 g/mol. The van der Waals surface area contributed by atoms with Crippen LogP contribution >= 0.6 is 0 Å². The number of nitrogens with zero attached hydrogens (tertiary/aromatic N) is 1. The summed E-state index contributed by atoms with van der Waals surface area (Å²) in [6.45, 7) is 1.80. The van der Waals surface area contributed by atoms with Crippen LogP contribution in [0, 0.1) is 0 Å². The minimum atomic E-state index is -0.317. The SMILES string of the molecule is CN1CCC[C@H]1CC(=O)NC1CCCNC1=O. The van der Waals surface area contributed by atoms with Crippen LogP contribution in [-0.4, -0.2) is 48.9 Å². The minimum Gasteiger partial charge on any atom is -0.354 e. The highest BCUT2D eigenvalue weighted by Gasteiger charge is 2.27. The summed E-state index contributed by atoms with van der Waals surface area (Å²) in [6.07, 6.45) is 4.47. The molecule has 0 radical (unpaired) electrons. The lowest BCUT2D eigenvalue weighted by atomic mass is 10.1. The number of hydrogen-bond acceptors (Lipinski definition) is 3. The molecular weight excluding hydrogens is 218 g/mol. The Morgan fingerprint density at radius 1 is 1.47 bits per heavy atom. The smallest absolute Gasteiger partial charge is 0.242 e. The molecule has 2 fully saturated rings. The highest BCUT2D eigenvalue weighted by Crippen LogP contribution is 2.17. The third-order valence-electron chi connectivity index (χ3n) is 3.71. The van der Waals surface area contributed by atoms with Crippen LogP contribution in [0.2, 0.25) is 0 Å². The zero-order chi connectivity index (χ0) is 12.3. The largest absolute Gasteiger partial charge is 0.354 e. The Hall–Kier alpha value is -1.10. The molecule has 0 aromatic heterocycles. The van der Waals surface area contributed by atoms with E-state index in [-0.39, 0.29) is 17.9 Å². The zero-order valence-electron chi connectivity index (χ0n) is 10.4. The van der Waals surface area contributed by atoms with Crippen molar-refractivity contribution in [2.75, 3.05) is 20.1 Å². The molecule has 2 atom stereocenters. The fraction of sp³-hybridized carbons (Fsp3) is 0.833. The first-order valence-corrected chi connectivity index (χ1v) is 6.44. The molecule has 5 nitrogen and oxygen atoms in total. The van der Waals surface area contributed by atoms with E-state index in [4.69, 9.17) is 0 Å². The Bertz CT molecular complexity index is 306. The van der Waals surface area contributed by atoms with E-state index in [0.717, 1.165) is 32.4 Å². The highest BCUT2D eigenvalue weighted by molar-refractivity contribution is 5.88. The summed E-state index contributed by atoms with van der Waals surface area (Å²) < 4.78 is 0. The van der Waals surface area contributed by atoms with Gasteiger partial charge in [0.25, 0.3) is 0 Å². The first kappa shape index (κ1) is 12.4. The number of hydrogen-bond donors (Lipinski definition) is 2. The summed E-state index contributed by atoms with van der Waals surface area (Å²) in [5.74, 6) is -0.0322. The maximum atomic E-state index is 11.8. The molecule has 96 valence electrons. The van der Waals surface area contributed by atoms with Crippen LogP contribution in [0.1, 0.15) is 32.1 Å². The van der Waals surface area contributed by atoms with Crippen LogP contribution in [0.25, 0.3) is 0 Å². The predicted octanol–water partition coefficient (Wildman–Crippen LogP) is -0.134. The van der Waals surface area contributed by atoms with Crippen molar-refractivity contribution in [3.63, 3.8) is 0 Å². The summed E-state index contributed by atoms with van der Waals surface area (Å²) in [7, 11) is 2.05. The van der Waals surface area contributed by atoms with Crippen molar-refractivity contribution >= 4 is 11.8 Å². The van der Waals surface area contributed by atoms with E-state index in [0.29, 0.717) is 12.5 Å². The van der Waals surface area contributed by atoms with Crippen molar-refractivity contribution in [1.82, 2.24) is 15.5 Å². The van der Waals surface area contributed by atoms with Gasteiger partial charge < -0.3 is 15.5 Å². The maximum Gasteiger partial charge on any atom is 0.242 e. The van der Waals surface area contributed by atoms with Crippen LogP contribution in [0.3, 0.4) is 0 Å². The number of carbonyl (C=O) groups excluding carboxylic acids is 2. The van der Waals surface area contributed by atoms with Gasteiger partial charge in [-0.05, 0) is 39.3 Å². The molecular formula is C12H21N3O2. The van der Waals surface area contributed by atoms with Crippen LogP contribution in [-0.2, 0) is 9.59 Å². The second-order valence-electron chi connectivity index (χ2n) is 5.03. The highest BCUT2D eigenvalue weighted by atomic mass is 16.2. The van der Waals surface area contributed by atoms with E-state index in [1.807, 2.05) is 0 Å². The summed E-state index contributed by atoms with van der Waals surface area (Å²) in [4.78, 5) is 25.6. The van der Waals surface area contributed by atoms with Crippen molar-refractivity contribution in [2.24, 2.45) is 0 Å². The summed E-state index contributed by atoms with van der Waals surface area (Å²) in [5.41, 5.74) is 0. The van der Waals surface area contributed by atoms with Gasteiger partial charge in [-0.2, -0.15) is 0 Å². The van der Waals surface area contributed by atoms with E-state index in [9.17, 15) is 9.59 Å². The molecule has 1 unspecified atom stereocenters. The van der Waals surface area contributed by atoms with Crippen LogP contribution in [0.5, 0.6) is 0 Å². The Morgan fingerprint density at radius 2 is 2.29 bits per heavy atom. The Labute approximate surface area is 102 Å². The number of piperidine rings is 1. The van der Waals surface area contributed by atoms with Crippen molar-refractivity contribution in [1.29, 1.82) is 0 Å². The molecule has 0 spiro atoms. The van der Waals surface area contributed by atoms with Gasteiger partial charge in [-0.15, -0.1) is 0 Å². The minimum absolute atomic E-state index is 0.00537. The Kier molecular flexibility index (Phi) is 3.99.